The van der Waals surface area contributed by atoms with Gasteiger partial charge in [0.05, 0.1) is 0 Å². The smallest absolute Gasteiger partial charge is 0.285 e. The average Bonchev–Trinajstić information content (AvgIpc) is 2.30. The van der Waals surface area contributed by atoms with Crippen molar-refractivity contribution in [2.24, 2.45) is 0 Å². The van der Waals surface area contributed by atoms with Crippen LogP contribution in [-0.4, -0.2) is 6.30 Å². The molecule has 0 N–H and O–H groups in total. The lowest BCUT2D eigenvalue weighted by Gasteiger charge is -2.12. The minimum Gasteiger partial charge on any atom is -0.285 e. The molecule has 0 aromatic heterocycles. The Kier molecular flexibility index (Phi) is 1.87. The summed E-state index contributed by atoms with van der Waals surface area (Å²) in [5, 5.41) is 1.23. The predicted octanol–water partition coefficient (Wildman–Crippen LogP) is 3.20. The van der Waals surface area contributed by atoms with Crippen LogP contribution in [0.3, 0.4) is 0 Å². The zero-order valence-electron chi connectivity index (χ0n) is 8.18. The number of benzene rings is 2. The first-order valence-electron chi connectivity index (χ1n) is 4.83. The van der Waals surface area contributed by atoms with Crippen molar-refractivity contribution in [1.29, 1.82) is 0 Å². The van der Waals surface area contributed by atoms with E-state index < -0.39 is 7.77 Å². The maximum Gasteiger partial charge on any atom is 0.338 e. The molecule has 0 saturated heterocycles. The van der Waals surface area contributed by atoms with Gasteiger partial charge in [0.1, 0.15) is 6.30 Å². The van der Waals surface area contributed by atoms with Crippen molar-refractivity contribution in [3.05, 3.63) is 48.5 Å². The fraction of sp³-hybridized carbons (Fsp3) is 0. The molecule has 0 spiro atoms. The largest absolute Gasteiger partial charge is 0.338 e. The van der Waals surface area contributed by atoms with E-state index >= 15 is 0 Å². The molecule has 72 valence electrons. The van der Waals surface area contributed by atoms with Crippen molar-refractivity contribution >= 4 is 19.4 Å². The lowest BCUT2D eigenvalue weighted by atomic mass is 10.0. The van der Waals surface area contributed by atoms with Crippen molar-refractivity contribution < 1.29 is 4.52 Å². The minimum atomic E-state index is -0.744. The fourth-order valence-corrected chi connectivity index (χ4v) is 3.07. The van der Waals surface area contributed by atoms with Crippen LogP contribution < -0.4 is 9.83 Å². The van der Waals surface area contributed by atoms with E-state index in [9.17, 15) is 0 Å². The van der Waals surface area contributed by atoms with E-state index in [2.05, 4.69) is 30.6 Å². The third-order valence-electron chi connectivity index (χ3n) is 2.56. The van der Waals surface area contributed by atoms with Crippen molar-refractivity contribution in [3.8, 4) is 16.9 Å². The molecule has 1 atom stereocenters. The molecule has 15 heavy (non-hydrogen) atoms. The second-order valence-electron chi connectivity index (χ2n) is 3.48. The van der Waals surface area contributed by atoms with Crippen molar-refractivity contribution in [1.82, 2.24) is 0 Å². The molecular weight excluding hydrogens is 203 g/mol. The van der Waals surface area contributed by atoms with Gasteiger partial charge in [-0.05, 0) is 18.2 Å². The summed E-state index contributed by atoms with van der Waals surface area (Å²) < 4.78 is 5.81. The molecule has 0 bridgehead atoms. The summed E-state index contributed by atoms with van der Waals surface area (Å²) in [7, 11) is -0.744. The van der Waals surface area contributed by atoms with Gasteiger partial charge in [-0.3, -0.25) is 4.52 Å². The third-order valence-corrected chi connectivity index (χ3v) is 3.90. The Bertz CT molecular complexity index is 546. The molecule has 2 aromatic carbocycles. The van der Waals surface area contributed by atoms with E-state index in [1.54, 1.807) is 0 Å². The van der Waals surface area contributed by atoms with Gasteiger partial charge >= 0.3 is 7.77 Å². The number of para-hydroxylation sites is 1. The minimum absolute atomic E-state index is 0.744. The number of hydrogen-bond acceptors (Lipinski definition) is 1. The SMILES string of the molecule is C=[P+]1Oc2ccccc2-c2ccccc21. The highest BCUT2D eigenvalue weighted by Crippen LogP contribution is 2.41. The molecule has 3 rings (SSSR count). The third kappa shape index (κ3) is 1.28. The Balaban J connectivity index is 2.34. The molecular formula is C13H10OP+. The first-order valence-corrected chi connectivity index (χ1v) is 6.28. The number of fused-ring (bicyclic) bond motifs is 3. The zero-order valence-corrected chi connectivity index (χ0v) is 9.08. The van der Waals surface area contributed by atoms with E-state index in [0.29, 0.717) is 0 Å². The summed E-state index contributed by atoms with van der Waals surface area (Å²) in [4.78, 5) is 0. The Labute approximate surface area is 89.8 Å². The molecule has 2 heteroatoms. The fourth-order valence-electron chi connectivity index (χ4n) is 1.86. The van der Waals surface area contributed by atoms with E-state index in [4.69, 9.17) is 4.52 Å². The predicted molar refractivity (Wildman–Crippen MR) is 66.2 cm³/mol. The molecule has 1 aliphatic rings. The first kappa shape index (κ1) is 8.70. The Hall–Kier alpha value is -1.59. The topological polar surface area (TPSA) is 9.23 Å². The van der Waals surface area contributed by atoms with Crippen molar-refractivity contribution in [3.63, 3.8) is 0 Å². The van der Waals surface area contributed by atoms with E-state index in [1.165, 1.54) is 16.4 Å². The summed E-state index contributed by atoms with van der Waals surface area (Å²) in [6.45, 7) is 0. The maximum absolute atomic E-state index is 5.81. The lowest BCUT2D eigenvalue weighted by molar-refractivity contribution is 0.635. The molecule has 1 unspecified atom stereocenters. The van der Waals surface area contributed by atoms with E-state index in [-0.39, 0.29) is 0 Å². The van der Waals surface area contributed by atoms with Crippen LogP contribution in [0.4, 0.5) is 0 Å². The molecule has 0 fully saturated rings. The van der Waals surface area contributed by atoms with Gasteiger partial charge in [-0.25, -0.2) is 0 Å². The van der Waals surface area contributed by atoms with Crippen LogP contribution in [0.15, 0.2) is 48.5 Å². The summed E-state index contributed by atoms with van der Waals surface area (Å²) in [5.41, 5.74) is 2.44. The summed E-state index contributed by atoms with van der Waals surface area (Å²) >= 11 is 0. The van der Waals surface area contributed by atoms with Gasteiger partial charge in [0, 0.05) is 11.1 Å². The molecule has 1 nitrogen and oxygen atoms in total. The Morgan fingerprint density at radius 2 is 1.53 bits per heavy atom. The van der Waals surface area contributed by atoms with E-state index in [0.717, 1.165) is 5.75 Å². The van der Waals surface area contributed by atoms with Gasteiger partial charge in [0.15, 0.2) is 11.1 Å². The van der Waals surface area contributed by atoms with Gasteiger partial charge in [-0.15, -0.1) is 0 Å². The quantitative estimate of drug-likeness (QED) is 0.610. The molecule has 0 aliphatic carbocycles. The zero-order chi connectivity index (χ0) is 10.3. The van der Waals surface area contributed by atoms with Crippen LogP contribution in [0.2, 0.25) is 0 Å². The number of hydrogen-bond donors (Lipinski definition) is 0. The standard InChI is InChI=1S/C13H10OP/c1-15-13-9-5-3-7-11(13)10-6-2-4-8-12(10)14-15/h2-9H,1H2/q+1. The van der Waals surface area contributed by atoms with Crippen LogP contribution in [0.1, 0.15) is 0 Å². The molecule has 1 aliphatic heterocycles. The second kappa shape index (κ2) is 3.22. The average molecular weight is 213 g/mol. The van der Waals surface area contributed by atoms with Gasteiger partial charge in [0.25, 0.3) is 0 Å². The Morgan fingerprint density at radius 1 is 0.867 bits per heavy atom. The molecule has 0 saturated carbocycles. The van der Waals surface area contributed by atoms with Gasteiger partial charge in [-0.2, -0.15) is 0 Å². The molecule has 1 heterocycles. The highest BCUT2D eigenvalue weighted by Gasteiger charge is 2.28. The van der Waals surface area contributed by atoms with Crippen molar-refractivity contribution in [2.75, 3.05) is 0 Å². The summed E-state index contributed by atoms with van der Waals surface area (Å²) in [6, 6.07) is 16.5. The summed E-state index contributed by atoms with van der Waals surface area (Å²) in [6.07, 6.45) is 4.08. The van der Waals surface area contributed by atoms with E-state index in [1.807, 2.05) is 24.3 Å². The molecule has 0 radical (unpaired) electrons. The van der Waals surface area contributed by atoms with Gasteiger partial charge < -0.3 is 0 Å². The number of rotatable bonds is 0. The lowest BCUT2D eigenvalue weighted by Crippen LogP contribution is -2.09. The normalized spacial score (nSPS) is 15.1. The summed E-state index contributed by atoms with van der Waals surface area (Å²) in [5.74, 6) is 0.956. The van der Waals surface area contributed by atoms with Gasteiger partial charge in [0.2, 0.25) is 0 Å². The van der Waals surface area contributed by atoms with Crippen LogP contribution >= 0.6 is 7.77 Å². The molecule has 2 aromatic rings. The monoisotopic (exact) mass is 213 g/mol. The van der Waals surface area contributed by atoms with Crippen LogP contribution in [0, 0.1) is 0 Å². The van der Waals surface area contributed by atoms with Crippen LogP contribution in [0.5, 0.6) is 5.75 Å². The Morgan fingerprint density at radius 3 is 2.40 bits per heavy atom. The van der Waals surface area contributed by atoms with Gasteiger partial charge in [-0.1, -0.05) is 30.3 Å². The van der Waals surface area contributed by atoms with Crippen LogP contribution in [-0.2, 0) is 0 Å². The molecule has 0 amide bonds. The second-order valence-corrected chi connectivity index (χ2v) is 4.90. The van der Waals surface area contributed by atoms with Crippen molar-refractivity contribution in [2.45, 2.75) is 0 Å². The highest BCUT2D eigenvalue weighted by molar-refractivity contribution is 7.59. The first-order chi connectivity index (χ1) is 7.36. The maximum atomic E-state index is 5.81. The highest BCUT2D eigenvalue weighted by atomic mass is 31.1. The van der Waals surface area contributed by atoms with Crippen LogP contribution in [0.25, 0.3) is 11.1 Å².